The van der Waals surface area contributed by atoms with Crippen molar-refractivity contribution in [3.05, 3.63) is 105 Å². The number of hydrogen-bond acceptors (Lipinski definition) is 4. The molecule has 0 bridgehead atoms. The first-order chi connectivity index (χ1) is 16.0. The van der Waals surface area contributed by atoms with Gasteiger partial charge < -0.3 is 9.84 Å². The van der Waals surface area contributed by atoms with Crippen molar-refractivity contribution < 1.29 is 9.84 Å². The molecule has 0 saturated heterocycles. The molecule has 6 rings (SSSR count). The van der Waals surface area contributed by atoms with Gasteiger partial charge in [-0.1, -0.05) is 71.2 Å². The van der Waals surface area contributed by atoms with Crippen LogP contribution in [0.1, 0.15) is 35.4 Å². The summed E-state index contributed by atoms with van der Waals surface area (Å²) < 4.78 is 6.32. The zero-order valence-corrected chi connectivity index (χ0v) is 19.4. The van der Waals surface area contributed by atoms with Crippen LogP contribution >= 0.6 is 34.8 Å². The second kappa shape index (κ2) is 7.84. The van der Waals surface area contributed by atoms with E-state index in [0.717, 1.165) is 22.2 Å². The first-order valence-corrected chi connectivity index (χ1v) is 11.6. The van der Waals surface area contributed by atoms with Gasteiger partial charge in [-0.2, -0.15) is 5.10 Å². The highest BCUT2D eigenvalue weighted by atomic mass is 35.5. The summed E-state index contributed by atoms with van der Waals surface area (Å²) >= 11 is 18.8. The number of rotatable bonds is 2. The van der Waals surface area contributed by atoms with Gasteiger partial charge in [-0.05, 0) is 52.7 Å². The topological polar surface area (TPSA) is 45.1 Å². The van der Waals surface area contributed by atoms with Gasteiger partial charge in [0.1, 0.15) is 11.5 Å². The molecule has 0 fully saturated rings. The van der Waals surface area contributed by atoms with Crippen molar-refractivity contribution >= 4 is 51.3 Å². The molecule has 0 spiro atoms. The molecular weight excluding hydrogens is 479 g/mol. The number of benzene rings is 4. The first kappa shape index (κ1) is 20.7. The second-order valence-corrected chi connectivity index (χ2v) is 9.47. The molecule has 2 aliphatic heterocycles. The normalized spacial score (nSPS) is 19.1. The maximum atomic E-state index is 10.7. The van der Waals surface area contributed by atoms with Crippen LogP contribution in [-0.4, -0.2) is 15.8 Å². The zero-order valence-electron chi connectivity index (χ0n) is 17.2. The second-order valence-electron chi connectivity index (χ2n) is 8.19. The van der Waals surface area contributed by atoms with Gasteiger partial charge in [0, 0.05) is 22.0 Å². The highest BCUT2D eigenvalue weighted by Gasteiger charge is 2.42. The van der Waals surface area contributed by atoms with E-state index in [1.54, 1.807) is 12.1 Å². The van der Waals surface area contributed by atoms with Gasteiger partial charge in [0.05, 0.1) is 22.3 Å². The van der Waals surface area contributed by atoms with Gasteiger partial charge in [0.15, 0.2) is 0 Å². The fraction of sp³-hybridized carbons (Fsp3) is 0.115. The van der Waals surface area contributed by atoms with Crippen LogP contribution in [0, 0.1) is 0 Å². The lowest BCUT2D eigenvalue weighted by Crippen LogP contribution is -2.33. The smallest absolute Gasteiger partial charge is 0.217 e. The highest BCUT2D eigenvalue weighted by molar-refractivity contribution is 6.35. The Morgan fingerprint density at radius 3 is 2.48 bits per heavy atom. The third-order valence-corrected chi connectivity index (χ3v) is 6.90. The standard InChI is InChI=1S/C26H17Cl3N2O2/c27-17-7-8-24-19(10-17)23-13-22(16-6-5-14-3-1-2-4-15(14)9-16)30-31(23)26(33-24)20-11-18(28)12-21(29)25(20)32/h1-12,23,26,32H,13H2/t23-,26+/m0/s1. The van der Waals surface area contributed by atoms with Crippen LogP contribution in [0.25, 0.3) is 10.8 Å². The van der Waals surface area contributed by atoms with Gasteiger partial charge in [-0.3, -0.25) is 0 Å². The first-order valence-electron chi connectivity index (χ1n) is 10.5. The fourth-order valence-corrected chi connectivity index (χ4v) is 5.27. The van der Waals surface area contributed by atoms with Crippen molar-refractivity contribution in [2.24, 2.45) is 5.10 Å². The Labute approximate surface area is 205 Å². The minimum absolute atomic E-state index is 0.0726. The molecule has 0 amide bonds. The molecule has 4 aromatic rings. The number of ether oxygens (including phenoxy) is 1. The molecule has 0 radical (unpaired) electrons. The van der Waals surface area contributed by atoms with E-state index in [1.807, 2.05) is 29.3 Å². The van der Waals surface area contributed by atoms with Crippen molar-refractivity contribution in [1.29, 1.82) is 0 Å². The largest absolute Gasteiger partial charge is 0.506 e. The van der Waals surface area contributed by atoms with E-state index in [0.29, 0.717) is 27.8 Å². The molecular formula is C26H17Cl3N2O2. The molecule has 0 aromatic heterocycles. The number of phenols is 1. The molecule has 0 aliphatic carbocycles. The average molecular weight is 496 g/mol. The number of halogens is 3. The van der Waals surface area contributed by atoms with E-state index in [2.05, 4.69) is 30.3 Å². The molecule has 0 saturated carbocycles. The average Bonchev–Trinajstić information content (AvgIpc) is 3.27. The molecule has 7 heteroatoms. The van der Waals surface area contributed by atoms with Crippen LogP contribution in [-0.2, 0) is 0 Å². The summed E-state index contributed by atoms with van der Waals surface area (Å²) in [6, 6.07) is 23.2. The summed E-state index contributed by atoms with van der Waals surface area (Å²) in [5, 5.41) is 21.1. The number of hydrazone groups is 1. The van der Waals surface area contributed by atoms with Crippen LogP contribution in [0.2, 0.25) is 15.1 Å². The number of fused-ring (bicyclic) bond motifs is 4. The summed E-state index contributed by atoms with van der Waals surface area (Å²) in [5.74, 6) is 0.618. The van der Waals surface area contributed by atoms with Crippen LogP contribution in [0.4, 0.5) is 0 Å². The van der Waals surface area contributed by atoms with Crippen LogP contribution in [0.5, 0.6) is 11.5 Å². The van der Waals surface area contributed by atoms with Gasteiger partial charge in [-0.25, -0.2) is 5.01 Å². The molecule has 4 nitrogen and oxygen atoms in total. The fourth-order valence-electron chi connectivity index (χ4n) is 4.58. The van der Waals surface area contributed by atoms with Gasteiger partial charge in [0.2, 0.25) is 6.23 Å². The van der Waals surface area contributed by atoms with E-state index in [9.17, 15) is 5.11 Å². The van der Waals surface area contributed by atoms with Gasteiger partial charge >= 0.3 is 0 Å². The number of aromatic hydroxyl groups is 1. The van der Waals surface area contributed by atoms with E-state index < -0.39 is 6.23 Å². The summed E-state index contributed by atoms with van der Waals surface area (Å²) in [5.41, 5.74) is 3.38. The maximum absolute atomic E-state index is 10.7. The number of hydrogen-bond donors (Lipinski definition) is 1. The lowest BCUT2D eigenvalue weighted by Gasteiger charge is -2.38. The van der Waals surface area contributed by atoms with E-state index in [1.165, 1.54) is 11.5 Å². The predicted octanol–water partition coefficient (Wildman–Crippen LogP) is 7.75. The summed E-state index contributed by atoms with van der Waals surface area (Å²) in [4.78, 5) is 0. The Morgan fingerprint density at radius 2 is 1.64 bits per heavy atom. The molecule has 164 valence electrons. The van der Waals surface area contributed by atoms with Crippen LogP contribution in [0.15, 0.2) is 77.9 Å². The number of nitrogens with zero attached hydrogens (tertiary/aromatic N) is 2. The predicted molar refractivity (Wildman–Crippen MR) is 133 cm³/mol. The quantitative estimate of drug-likeness (QED) is 0.309. The molecule has 4 aromatic carbocycles. The van der Waals surface area contributed by atoms with Crippen LogP contribution in [0.3, 0.4) is 0 Å². The van der Waals surface area contributed by atoms with Crippen molar-refractivity contribution in [2.45, 2.75) is 18.7 Å². The van der Waals surface area contributed by atoms with Crippen molar-refractivity contribution in [3.63, 3.8) is 0 Å². The third kappa shape index (κ3) is 3.50. The van der Waals surface area contributed by atoms with Gasteiger partial charge in [-0.15, -0.1) is 0 Å². The van der Waals surface area contributed by atoms with Crippen molar-refractivity contribution in [2.75, 3.05) is 0 Å². The minimum atomic E-state index is -0.696. The molecule has 33 heavy (non-hydrogen) atoms. The Bertz CT molecular complexity index is 1450. The SMILES string of the molecule is Oc1c(Cl)cc(Cl)cc1[C@H]1Oc2ccc(Cl)cc2[C@@H]2CC(c3ccc4ccccc4c3)=NN12. The van der Waals surface area contributed by atoms with Crippen LogP contribution < -0.4 is 4.74 Å². The molecule has 2 aliphatic rings. The molecule has 1 N–H and O–H groups in total. The Balaban J connectivity index is 1.49. The van der Waals surface area contributed by atoms with E-state index in [-0.39, 0.29) is 16.8 Å². The van der Waals surface area contributed by atoms with Gasteiger partial charge in [0.25, 0.3) is 0 Å². The zero-order chi connectivity index (χ0) is 22.7. The summed E-state index contributed by atoms with van der Waals surface area (Å²) in [7, 11) is 0. The van der Waals surface area contributed by atoms with Crippen molar-refractivity contribution in [1.82, 2.24) is 5.01 Å². The lowest BCUT2D eigenvalue weighted by molar-refractivity contribution is -0.0203. The number of phenolic OH excluding ortho intramolecular Hbond substituents is 1. The van der Waals surface area contributed by atoms with E-state index in [4.69, 9.17) is 44.6 Å². The Morgan fingerprint density at radius 1 is 0.848 bits per heavy atom. The summed E-state index contributed by atoms with van der Waals surface area (Å²) in [6.07, 6.45) is -0.0292. The molecule has 0 unspecified atom stereocenters. The lowest BCUT2D eigenvalue weighted by atomic mass is 9.95. The third-order valence-electron chi connectivity index (χ3n) is 6.16. The van der Waals surface area contributed by atoms with Crippen molar-refractivity contribution in [3.8, 4) is 11.5 Å². The Kier molecular flexibility index (Phi) is 4.91. The highest BCUT2D eigenvalue weighted by Crippen LogP contribution is 2.50. The monoisotopic (exact) mass is 494 g/mol. The Hall–Kier alpha value is -2.92. The maximum Gasteiger partial charge on any atom is 0.217 e. The molecule has 2 heterocycles. The summed E-state index contributed by atoms with van der Waals surface area (Å²) in [6.45, 7) is 0. The molecule has 2 atom stereocenters. The minimum Gasteiger partial charge on any atom is -0.506 e. The van der Waals surface area contributed by atoms with E-state index >= 15 is 0 Å².